The molecule has 0 atom stereocenters. The monoisotopic (exact) mass is 184 g/mol. The van der Waals surface area contributed by atoms with Crippen LogP contribution in [0.2, 0.25) is 0 Å². The van der Waals surface area contributed by atoms with Crippen molar-refractivity contribution < 1.29 is 19.5 Å². The van der Waals surface area contributed by atoms with Crippen LogP contribution in [-0.4, -0.2) is 22.6 Å². The topological polar surface area (TPSA) is 71.4 Å². The van der Waals surface area contributed by atoms with Crippen molar-refractivity contribution >= 4 is 17.5 Å². The summed E-state index contributed by atoms with van der Waals surface area (Å²) in [5.74, 6) is -2.22. The Morgan fingerprint density at radius 1 is 1.31 bits per heavy atom. The zero-order valence-corrected chi connectivity index (χ0v) is 7.66. The van der Waals surface area contributed by atoms with Crippen molar-refractivity contribution in [1.82, 2.24) is 0 Å². The highest BCUT2D eigenvalue weighted by atomic mass is 16.4. The van der Waals surface area contributed by atoms with E-state index in [9.17, 15) is 14.4 Å². The lowest BCUT2D eigenvalue weighted by molar-refractivity contribution is -0.134. The Morgan fingerprint density at radius 2 is 1.85 bits per heavy atom. The molecule has 0 unspecified atom stereocenters. The van der Waals surface area contributed by atoms with Gasteiger partial charge in [-0.3, -0.25) is 9.59 Å². The number of carboxylic acids is 1. The normalized spacial score (nSPS) is 11.1. The molecule has 0 aliphatic heterocycles. The van der Waals surface area contributed by atoms with Crippen molar-refractivity contribution in [3.8, 4) is 0 Å². The van der Waals surface area contributed by atoms with Crippen molar-refractivity contribution in [2.24, 2.45) is 0 Å². The number of hydrogen-bond acceptors (Lipinski definition) is 3. The number of allylic oxidation sites excluding steroid dienone is 1. The minimum Gasteiger partial charge on any atom is -0.478 e. The van der Waals surface area contributed by atoms with Crippen LogP contribution in [0.4, 0.5) is 0 Å². The molecule has 0 amide bonds. The van der Waals surface area contributed by atoms with E-state index >= 15 is 0 Å². The average molecular weight is 184 g/mol. The summed E-state index contributed by atoms with van der Waals surface area (Å²) < 4.78 is 0. The summed E-state index contributed by atoms with van der Waals surface area (Å²) in [6, 6.07) is 0. The number of Topliss-reactive ketones (excluding diaryl/α,β-unsaturated/α-hetero) is 2. The minimum absolute atomic E-state index is 0.294. The summed E-state index contributed by atoms with van der Waals surface area (Å²) in [5.41, 5.74) is -0.294. The molecule has 13 heavy (non-hydrogen) atoms. The molecular weight excluding hydrogens is 172 g/mol. The number of hydrogen-bond donors (Lipinski definition) is 1. The molecule has 0 spiro atoms. The second-order valence-corrected chi connectivity index (χ2v) is 2.63. The highest BCUT2D eigenvalue weighted by Gasteiger charge is 2.17. The Kier molecular flexibility index (Phi) is 4.66. The van der Waals surface area contributed by atoms with Crippen LogP contribution in [0.3, 0.4) is 0 Å². The van der Waals surface area contributed by atoms with E-state index in [1.165, 1.54) is 13.0 Å². The van der Waals surface area contributed by atoms with Gasteiger partial charge in [0, 0.05) is 0 Å². The first kappa shape index (κ1) is 11.6. The van der Waals surface area contributed by atoms with Gasteiger partial charge in [0.2, 0.25) is 0 Å². The molecule has 0 heterocycles. The summed E-state index contributed by atoms with van der Waals surface area (Å²) >= 11 is 0. The molecule has 0 rings (SSSR count). The molecule has 0 fully saturated rings. The fraction of sp³-hybridized carbons (Fsp3) is 0.444. The first-order valence-electron chi connectivity index (χ1n) is 3.95. The highest BCUT2D eigenvalue weighted by molar-refractivity contribution is 6.20. The van der Waals surface area contributed by atoms with Gasteiger partial charge < -0.3 is 5.11 Å². The molecule has 0 saturated heterocycles. The van der Waals surface area contributed by atoms with Crippen LogP contribution in [-0.2, 0) is 14.4 Å². The molecule has 0 aliphatic rings. The highest BCUT2D eigenvalue weighted by Crippen LogP contribution is 2.02. The third kappa shape index (κ3) is 4.20. The van der Waals surface area contributed by atoms with E-state index in [0.717, 1.165) is 0 Å². The predicted molar refractivity (Wildman–Crippen MR) is 46.3 cm³/mol. The van der Waals surface area contributed by atoms with E-state index < -0.39 is 11.8 Å². The molecule has 4 heteroatoms. The maximum atomic E-state index is 11.1. The van der Waals surface area contributed by atoms with Crippen LogP contribution in [0, 0.1) is 0 Å². The lowest BCUT2D eigenvalue weighted by atomic mass is 10.1. The van der Waals surface area contributed by atoms with Crippen LogP contribution in [0.5, 0.6) is 0 Å². The van der Waals surface area contributed by atoms with Crippen molar-refractivity contribution in [3.05, 3.63) is 11.6 Å². The van der Waals surface area contributed by atoms with Crippen LogP contribution in [0.25, 0.3) is 0 Å². The van der Waals surface area contributed by atoms with Gasteiger partial charge in [-0.05, 0) is 13.3 Å². The van der Waals surface area contributed by atoms with Gasteiger partial charge in [0.15, 0.2) is 5.78 Å². The molecular formula is C9H12O4. The quantitative estimate of drug-likeness (QED) is 0.392. The summed E-state index contributed by atoms with van der Waals surface area (Å²) in [6.07, 6.45) is 1.44. The third-order valence-electron chi connectivity index (χ3n) is 1.35. The maximum absolute atomic E-state index is 11.1. The molecule has 72 valence electrons. The number of carbonyl (C=O) groups is 3. The lowest BCUT2D eigenvalue weighted by Gasteiger charge is -1.98. The average Bonchev–Trinajstić information content (AvgIpc) is 1.97. The Hall–Kier alpha value is -1.45. The third-order valence-corrected chi connectivity index (χ3v) is 1.35. The minimum atomic E-state index is -1.27. The lowest BCUT2D eigenvalue weighted by Crippen LogP contribution is -2.14. The van der Waals surface area contributed by atoms with Crippen LogP contribution < -0.4 is 0 Å². The first-order chi connectivity index (χ1) is 5.99. The van der Waals surface area contributed by atoms with Crippen molar-refractivity contribution in [3.63, 3.8) is 0 Å². The summed E-state index contributed by atoms with van der Waals surface area (Å²) in [4.78, 5) is 32.2. The van der Waals surface area contributed by atoms with Gasteiger partial charge in [-0.2, -0.15) is 0 Å². The van der Waals surface area contributed by atoms with Gasteiger partial charge in [-0.25, -0.2) is 4.79 Å². The van der Waals surface area contributed by atoms with Gasteiger partial charge in [-0.15, -0.1) is 0 Å². The summed E-state index contributed by atoms with van der Waals surface area (Å²) in [5, 5.41) is 8.59. The molecule has 0 aromatic heterocycles. The number of rotatable bonds is 5. The van der Waals surface area contributed by atoms with Crippen molar-refractivity contribution in [2.75, 3.05) is 0 Å². The number of carboxylic acid groups (broad SMARTS) is 1. The summed E-state index contributed by atoms with van der Waals surface area (Å²) in [7, 11) is 0. The van der Waals surface area contributed by atoms with E-state index in [1.54, 1.807) is 6.92 Å². The van der Waals surface area contributed by atoms with Crippen LogP contribution >= 0.6 is 0 Å². The summed E-state index contributed by atoms with van der Waals surface area (Å²) in [6.45, 7) is 2.98. The Labute approximate surface area is 76.2 Å². The van der Waals surface area contributed by atoms with Crippen molar-refractivity contribution in [2.45, 2.75) is 26.7 Å². The predicted octanol–water partition coefficient (Wildman–Crippen LogP) is 0.956. The van der Waals surface area contributed by atoms with E-state index in [0.29, 0.717) is 6.42 Å². The molecule has 0 saturated carbocycles. The van der Waals surface area contributed by atoms with Gasteiger partial charge in [-0.1, -0.05) is 13.0 Å². The Balaban J connectivity index is 4.57. The maximum Gasteiger partial charge on any atom is 0.339 e. The number of aliphatic carboxylic acids is 1. The van der Waals surface area contributed by atoms with Gasteiger partial charge in [0.05, 0.1) is 12.0 Å². The Bertz CT molecular complexity index is 263. The van der Waals surface area contributed by atoms with E-state index in [4.69, 9.17) is 5.11 Å². The van der Waals surface area contributed by atoms with Gasteiger partial charge in [0.25, 0.3) is 0 Å². The molecule has 0 bridgehead atoms. The molecule has 1 N–H and O–H groups in total. The first-order valence-corrected chi connectivity index (χ1v) is 3.95. The standard InChI is InChI=1S/C9H12O4/c1-3-4-7(9(12)13)8(11)5-6(2)10/h4H,3,5H2,1-2H3,(H,12,13)/b7-4-. The van der Waals surface area contributed by atoms with E-state index in [-0.39, 0.29) is 17.8 Å². The largest absolute Gasteiger partial charge is 0.478 e. The fourth-order valence-electron chi connectivity index (χ4n) is 0.846. The van der Waals surface area contributed by atoms with Crippen LogP contribution in [0.15, 0.2) is 11.6 Å². The van der Waals surface area contributed by atoms with E-state index in [1.807, 2.05) is 0 Å². The smallest absolute Gasteiger partial charge is 0.339 e. The molecule has 0 radical (unpaired) electrons. The van der Waals surface area contributed by atoms with Gasteiger partial charge in [0.1, 0.15) is 5.78 Å². The molecule has 0 aliphatic carbocycles. The SMILES string of the molecule is CC/C=C(\C(=O)O)C(=O)CC(C)=O. The fourth-order valence-corrected chi connectivity index (χ4v) is 0.846. The van der Waals surface area contributed by atoms with E-state index in [2.05, 4.69) is 0 Å². The number of carbonyl (C=O) groups excluding carboxylic acids is 2. The molecule has 0 aromatic rings. The molecule has 4 nitrogen and oxygen atoms in total. The zero-order chi connectivity index (χ0) is 10.4. The number of ketones is 2. The second-order valence-electron chi connectivity index (χ2n) is 2.63. The zero-order valence-electron chi connectivity index (χ0n) is 7.66. The van der Waals surface area contributed by atoms with Gasteiger partial charge >= 0.3 is 5.97 Å². The Morgan fingerprint density at radius 3 is 2.15 bits per heavy atom. The van der Waals surface area contributed by atoms with Crippen LogP contribution in [0.1, 0.15) is 26.7 Å². The second kappa shape index (κ2) is 5.24. The van der Waals surface area contributed by atoms with Crippen molar-refractivity contribution in [1.29, 1.82) is 0 Å². The molecule has 0 aromatic carbocycles.